The Morgan fingerprint density at radius 3 is 2.56 bits per heavy atom. The average molecular weight is 367 g/mol. The van der Waals surface area contributed by atoms with Crippen LogP contribution in [0.15, 0.2) is 36.4 Å². The van der Waals surface area contributed by atoms with E-state index in [2.05, 4.69) is 5.32 Å². The van der Waals surface area contributed by atoms with E-state index in [-0.39, 0.29) is 23.3 Å². The topological polar surface area (TPSA) is 84.9 Å². The number of carbonyl (C=O) groups excluding carboxylic acids is 1. The molecule has 0 unspecified atom stereocenters. The summed E-state index contributed by atoms with van der Waals surface area (Å²) >= 11 is 0. The van der Waals surface area contributed by atoms with E-state index in [1.54, 1.807) is 30.3 Å². The Morgan fingerprint density at radius 2 is 1.78 bits per heavy atom. The number of amides is 1. The minimum absolute atomic E-state index is 0.0583. The molecule has 6 nitrogen and oxygen atoms in total. The first-order valence-electron chi connectivity index (χ1n) is 9.20. The molecule has 4 rings (SSSR count). The zero-order valence-electron chi connectivity index (χ0n) is 14.9. The predicted octanol–water partition coefficient (Wildman–Crippen LogP) is 3.50. The first-order valence-corrected chi connectivity index (χ1v) is 9.20. The van der Waals surface area contributed by atoms with Gasteiger partial charge in [0.15, 0.2) is 11.5 Å². The van der Waals surface area contributed by atoms with Gasteiger partial charge < -0.3 is 19.9 Å². The summed E-state index contributed by atoms with van der Waals surface area (Å²) in [5.41, 5.74) is 2.05. The second kappa shape index (κ2) is 7.31. The van der Waals surface area contributed by atoms with Crippen LogP contribution < -0.4 is 14.8 Å². The SMILES string of the molecule is O=C(NC1CCCC1)c1cccc(-c2cc3c(c(C(=O)O)c2)OCCO3)c1. The Kier molecular flexibility index (Phi) is 4.71. The van der Waals surface area contributed by atoms with Gasteiger partial charge >= 0.3 is 5.97 Å². The smallest absolute Gasteiger partial charge is 0.339 e. The Bertz CT molecular complexity index is 886. The van der Waals surface area contributed by atoms with Crippen LogP contribution >= 0.6 is 0 Å². The fraction of sp³-hybridized carbons (Fsp3) is 0.333. The molecule has 1 heterocycles. The van der Waals surface area contributed by atoms with Crippen molar-refractivity contribution in [2.75, 3.05) is 13.2 Å². The molecule has 2 aromatic carbocycles. The first-order chi connectivity index (χ1) is 13.1. The summed E-state index contributed by atoms with van der Waals surface area (Å²) in [5.74, 6) is -0.502. The van der Waals surface area contributed by atoms with Gasteiger partial charge in [0.1, 0.15) is 18.8 Å². The van der Waals surface area contributed by atoms with E-state index in [0.717, 1.165) is 31.2 Å². The van der Waals surface area contributed by atoms with Crippen molar-refractivity contribution in [3.05, 3.63) is 47.5 Å². The Balaban J connectivity index is 1.66. The number of carboxylic acids is 1. The maximum atomic E-state index is 12.5. The second-order valence-corrected chi connectivity index (χ2v) is 6.89. The van der Waals surface area contributed by atoms with Gasteiger partial charge in [-0.1, -0.05) is 25.0 Å². The lowest BCUT2D eigenvalue weighted by Crippen LogP contribution is -2.32. The zero-order chi connectivity index (χ0) is 18.8. The van der Waals surface area contributed by atoms with E-state index >= 15 is 0 Å². The molecule has 2 aromatic rings. The van der Waals surface area contributed by atoms with Crippen LogP contribution in [0, 0.1) is 0 Å². The summed E-state index contributed by atoms with van der Waals surface area (Å²) in [7, 11) is 0. The lowest BCUT2D eigenvalue weighted by molar-refractivity contribution is 0.0686. The lowest BCUT2D eigenvalue weighted by Gasteiger charge is -2.21. The van der Waals surface area contributed by atoms with Gasteiger partial charge in [-0.15, -0.1) is 0 Å². The van der Waals surface area contributed by atoms with Crippen molar-refractivity contribution in [3.8, 4) is 22.6 Å². The number of fused-ring (bicyclic) bond motifs is 1. The van der Waals surface area contributed by atoms with Crippen molar-refractivity contribution >= 4 is 11.9 Å². The Labute approximate surface area is 157 Å². The maximum absolute atomic E-state index is 12.5. The van der Waals surface area contributed by atoms with Crippen LogP contribution in [0.1, 0.15) is 46.4 Å². The van der Waals surface area contributed by atoms with Crippen molar-refractivity contribution in [3.63, 3.8) is 0 Å². The molecule has 2 N–H and O–H groups in total. The van der Waals surface area contributed by atoms with E-state index in [4.69, 9.17) is 9.47 Å². The number of nitrogens with one attached hydrogen (secondary N) is 1. The minimum Gasteiger partial charge on any atom is -0.486 e. The largest absolute Gasteiger partial charge is 0.486 e. The van der Waals surface area contributed by atoms with Gasteiger partial charge in [-0.05, 0) is 48.2 Å². The molecule has 0 aromatic heterocycles. The highest BCUT2D eigenvalue weighted by atomic mass is 16.6. The third-order valence-corrected chi connectivity index (χ3v) is 5.02. The zero-order valence-corrected chi connectivity index (χ0v) is 14.9. The monoisotopic (exact) mass is 367 g/mol. The van der Waals surface area contributed by atoms with Gasteiger partial charge in [-0.2, -0.15) is 0 Å². The van der Waals surface area contributed by atoms with Crippen LogP contribution in [0.4, 0.5) is 0 Å². The van der Waals surface area contributed by atoms with E-state index in [1.165, 1.54) is 0 Å². The lowest BCUT2D eigenvalue weighted by atomic mass is 9.99. The maximum Gasteiger partial charge on any atom is 0.339 e. The number of aromatic carboxylic acids is 1. The molecular weight excluding hydrogens is 346 g/mol. The van der Waals surface area contributed by atoms with Gasteiger partial charge in [-0.3, -0.25) is 4.79 Å². The molecule has 1 aliphatic carbocycles. The molecule has 0 saturated heterocycles. The summed E-state index contributed by atoms with van der Waals surface area (Å²) < 4.78 is 11.0. The third-order valence-electron chi connectivity index (χ3n) is 5.02. The predicted molar refractivity (Wildman–Crippen MR) is 99.5 cm³/mol. The summed E-state index contributed by atoms with van der Waals surface area (Å²) in [4.78, 5) is 24.2. The molecule has 0 radical (unpaired) electrons. The van der Waals surface area contributed by atoms with Crippen LogP contribution in [-0.4, -0.2) is 36.2 Å². The van der Waals surface area contributed by atoms with E-state index in [1.807, 2.05) is 6.07 Å². The Hall–Kier alpha value is -3.02. The summed E-state index contributed by atoms with van der Waals surface area (Å²) in [6.45, 7) is 0.697. The highest BCUT2D eigenvalue weighted by Crippen LogP contribution is 2.38. The van der Waals surface area contributed by atoms with Gasteiger partial charge in [0, 0.05) is 11.6 Å². The normalized spacial score (nSPS) is 16.1. The van der Waals surface area contributed by atoms with Crippen molar-refractivity contribution in [2.24, 2.45) is 0 Å². The average Bonchev–Trinajstić information content (AvgIpc) is 3.20. The molecule has 0 spiro atoms. The van der Waals surface area contributed by atoms with Crippen molar-refractivity contribution < 1.29 is 24.2 Å². The number of hydrogen-bond acceptors (Lipinski definition) is 4. The molecular formula is C21H21NO5. The molecule has 2 aliphatic rings. The van der Waals surface area contributed by atoms with Crippen molar-refractivity contribution in [1.82, 2.24) is 5.32 Å². The van der Waals surface area contributed by atoms with Gasteiger partial charge in [-0.25, -0.2) is 4.79 Å². The van der Waals surface area contributed by atoms with E-state index in [9.17, 15) is 14.7 Å². The summed E-state index contributed by atoms with van der Waals surface area (Å²) in [5, 5.41) is 12.6. The standard InChI is InChI=1S/C21H21NO5/c23-20(22-16-6-1-2-7-16)14-5-3-4-13(10-14)15-11-17(21(24)25)19-18(12-15)26-8-9-27-19/h3-5,10-12,16H,1-2,6-9H2,(H,22,23)(H,24,25). The van der Waals surface area contributed by atoms with E-state index in [0.29, 0.717) is 30.1 Å². The molecule has 1 amide bonds. The molecule has 6 heteroatoms. The molecule has 27 heavy (non-hydrogen) atoms. The third kappa shape index (κ3) is 3.60. The molecule has 0 bridgehead atoms. The van der Waals surface area contributed by atoms with Crippen LogP contribution in [0.5, 0.6) is 11.5 Å². The summed E-state index contributed by atoms with van der Waals surface area (Å²) in [6, 6.07) is 10.8. The van der Waals surface area contributed by atoms with Crippen molar-refractivity contribution in [1.29, 1.82) is 0 Å². The van der Waals surface area contributed by atoms with Crippen LogP contribution in [0.25, 0.3) is 11.1 Å². The van der Waals surface area contributed by atoms with Gasteiger partial charge in [0.05, 0.1) is 0 Å². The van der Waals surface area contributed by atoms with E-state index < -0.39 is 5.97 Å². The minimum atomic E-state index is -1.08. The Morgan fingerprint density at radius 1 is 1.00 bits per heavy atom. The number of carbonyl (C=O) groups is 2. The quantitative estimate of drug-likeness (QED) is 0.864. The van der Waals surface area contributed by atoms with Crippen LogP contribution in [0.2, 0.25) is 0 Å². The highest BCUT2D eigenvalue weighted by molar-refractivity contribution is 5.97. The number of benzene rings is 2. The number of carboxylic acid groups (broad SMARTS) is 1. The fourth-order valence-corrected chi connectivity index (χ4v) is 3.66. The van der Waals surface area contributed by atoms with Gasteiger partial charge in [0.25, 0.3) is 5.91 Å². The number of rotatable bonds is 4. The second-order valence-electron chi connectivity index (χ2n) is 6.89. The van der Waals surface area contributed by atoms with Crippen molar-refractivity contribution in [2.45, 2.75) is 31.7 Å². The number of ether oxygens (including phenoxy) is 2. The first kappa shape index (κ1) is 17.4. The molecule has 0 atom stereocenters. The fourth-order valence-electron chi connectivity index (χ4n) is 3.66. The van der Waals surface area contributed by atoms with Crippen LogP contribution in [0.3, 0.4) is 0 Å². The molecule has 1 fully saturated rings. The van der Waals surface area contributed by atoms with Crippen LogP contribution in [-0.2, 0) is 0 Å². The number of hydrogen-bond donors (Lipinski definition) is 2. The molecule has 1 aliphatic heterocycles. The molecule has 140 valence electrons. The summed E-state index contributed by atoms with van der Waals surface area (Å²) in [6.07, 6.45) is 4.35. The molecule has 1 saturated carbocycles. The van der Waals surface area contributed by atoms with Gasteiger partial charge in [0.2, 0.25) is 0 Å². The highest BCUT2D eigenvalue weighted by Gasteiger charge is 2.23.